The largest absolute Gasteiger partial charge is 0.481 e. The number of hydrogen-bond acceptors (Lipinski definition) is 2. The predicted octanol–water partition coefficient (Wildman–Crippen LogP) is 2.19. The molecule has 7 heteroatoms. The minimum Gasteiger partial charge on any atom is -0.481 e. The van der Waals surface area contributed by atoms with Crippen LogP contribution in [0.25, 0.3) is 0 Å². The van der Waals surface area contributed by atoms with Gasteiger partial charge in [0.15, 0.2) is 5.69 Å². The fourth-order valence-electron chi connectivity index (χ4n) is 1.71. The lowest BCUT2D eigenvalue weighted by molar-refractivity contribution is -0.141. The van der Waals surface area contributed by atoms with Crippen LogP contribution in [0.5, 0.6) is 0 Å². The van der Waals surface area contributed by atoms with Crippen molar-refractivity contribution in [3.63, 3.8) is 0 Å². The van der Waals surface area contributed by atoms with Gasteiger partial charge < -0.3 is 5.11 Å². The number of aryl methyl sites for hydroxylation is 1. The topological polar surface area (TPSA) is 55.1 Å². The minimum atomic E-state index is -4.52. The van der Waals surface area contributed by atoms with Gasteiger partial charge in [-0.05, 0) is 6.07 Å². The molecule has 0 spiro atoms. The second-order valence-electron chi connectivity index (χ2n) is 4.49. The molecular weight excluding hydrogens is 237 g/mol. The van der Waals surface area contributed by atoms with Gasteiger partial charge >= 0.3 is 12.1 Å². The van der Waals surface area contributed by atoms with E-state index in [1.54, 1.807) is 13.8 Å². The highest BCUT2D eigenvalue weighted by Crippen LogP contribution is 2.33. The average Bonchev–Trinajstić information content (AvgIpc) is 2.44. The van der Waals surface area contributed by atoms with E-state index < -0.39 is 23.3 Å². The standard InChI is InChI=1S/C10H13F3N2O2/c1-9(2,5-8(16)17)7-4-6(10(11,12)13)14-15(7)3/h4H,5H2,1-3H3,(H,16,17). The molecule has 1 rings (SSSR count). The van der Waals surface area contributed by atoms with Crippen LogP contribution in [0.1, 0.15) is 31.7 Å². The fourth-order valence-corrected chi connectivity index (χ4v) is 1.71. The Morgan fingerprint density at radius 1 is 1.47 bits per heavy atom. The van der Waals surface area contributed by atoms with E-state index in [1.807, 2.05) is 0 Å². The van der Waals surface area contributed by atoms with E-state index in [-0.39, 0.29) is 12.1 Å². The van der Waals surface area contributed by atoms with Crippen molar-refractivity contribution in [2.45, 2.75) is 31.9 Å². The maximum absolute atomic E-state index is 12.4. The van der Waals surface area contributed by atoms with Crippen molar-refractivity contribution in [3.05, 3.63) is 17.5 Å². The molecular formula is C10H13F3N2O2. The van der Waals surface area contributed by atoms with Gasteiger partial charge in [-0.15, -0.1) is 0 Å². The molecule has 0 aliphatic carbocycles. The summed E-state index contributed by atoms with van der Waals surface area (Å²) in [6, 6.07) is 0.892. The molecule has 1 heterocycles. The summed E-state index contributed by atoms with van der Waals surface area (Å²) in [6.45, 7) is 3.14. The molecule has 96 valence electrons. The number of carboxylic acids is 1. The van der Waals surface area contributed by atoms with E-state index in [0.29, 0.717) is 0 Å². The van der Waals surface area contributed by atoms with Crippen LogP contribution in [0.3, 0.4) is 0 Å². The molecule has 0 fully saturated rings. The Morgan fingerprint density at radius 2 is 2.00 bits per heavy atom. The molecule has 0 aliphatic rings. The third-order valence-electron chi connectivity index (χ3n) is 2.46. The van der Waals surface area contributed by atoms with Crippen LogP contribution in [0.2, 0.25) is 0 Å². The van der Waals surface area contributed by atoms with Gasteiger partial charge in [0.05, 0.1) is 6.42 Å². The van der Waals surface area contributed by atoms with Crippen molar-refractivity contribution >= 4 is 5.97 Å². The smallest absolute Gasteiger partial charge is 0.435 e. The second-order valence-corrected chi connectivity index (χ2v) is 4.49. The molecule has 17 heavy (non-hydrogen) atoms. The number of nitrogens with zero attached hydrogens (tertiary/aromatic N) is 2. The number of rotatable bonds is 3. The van der Waals surface area contributed by atoms with E-state index in [4.69, 9.17) is 5.11 Å². The Kier molecular flexibility index (Phi) is 3.22. The summed E-state index contributed by atoms with van der Waals surface area (Å²) in [5.41, 5.74) is -1.67. The van der Waals surface area contributed by atoms with Crippen molar-refractivity contribution in [1.29, 1.82) is 0 Å². The lowest BCUT2D eigenvalue weighted by Crippen LogP contribution is -2.24. The zero-order valence-corrected chi connectivity index (χ0v) is 9.67. The van der Waals surface area contributed by atoms with Crippen molar-refractivity contribution in [2.24, 2.45) is 7.05 Å². The maximum atomic E-state index is 12.4. The number of aromatic nitrogens is 2. The van der Waals surface area contributed by atoms with Gasteiger partial charge in [-0.25, -0.2) is 0 Å². The van der Waals surface area contributed by atoms with Crippen molar-refractivity contribution in [2.75, 3.05) is 0 Å². The molecule has 1 N–H and O–H groups in total. The third-order valence-corrected chi connectivity index (χ3v) is 2.46. The number of halogens is 3. The van der Waals surface area contributed by atoms with Gasteiger partial charge in [0.25, 0.3) is 0 Å². The highest BCUT2D eigenvalue weighted by atomic mass is 19.4. The first-order valence-electron chi connectivity index (χ1n) is 4.87. The molecule has 0 aliphatic heterocycles. The molecule has 0 bridgehead atoms. The first-order chi connectivity index (χ1) is 7.54. The number of aliphatic carboxylic acids is 1. The Bertz CT molecular complexity index is 435. The molecule has 0 saturated carbocycles. The summed E-state index contributed by atoms with van der Waals surface area (Å²) < 4.78 is 38.4. The van der Waals surface area contributed by atoms with Crippen molar-refractivity contribution < 1.29 is 23.1 Å². The zero-order chi connectivity index (χ0) is 13.4. The average molecular weight is 250 g/mol. The molecule has 0 atom stereocenters. The van der Waals surface area contributed by atoms with Crippen LogP contribution in [-0.4, -0.2) is 20.9 Å². The number of carboxylic acid groups (broad SMARTS) is 1. The summed E-state index contributed by atoms with van der Waals surface area (Å²) in [4.78, 5) is 10.7. The number of carbonyl (C=O) groups is 1. The van der Waals surface area contributed by atoms with Crippen LogP contribution >= 0.6 is 0 Å². The lowest BCUT2D eigenvalue weighted by atomic mass is 9.85. The van der Waals surface area contributed by atoms with E-state index in [9.17, 15) is 18.0 Å². The lowest BCUT2D eigenvalue weighted by Gasteiger charge is -2.22. The third kappa shape index (κ3) is 2.98. The molecule has 0 radical (unpaired) electrons. The molecule has 4 nitrogen and oxygen atoms in total. The maximum Gasteiger partial charge on any atom is 0.435 e. The fraction of sp³-hybridized carbons (Fsp3) is 0.600. The summed E-state index contributed by atoms with van der Waals surface area (Å²) in [5, 5.41) is 12.1. The summed E-state index contributed by atoms with van der Waals surface area (Å²) in [5.74, 6) is -1.07. The highest BCUT2D eigenvalue weighted by molar-refractivity contribution is 5.68. The first kappa shape index (κ1) is 13.5. The minimum absolute atomic E-state index is 0.243. The molecule has 0 saturated heterocycles. The van der Waals surface area contributed by atoms with Gasteiger partial charge in [0.2, 0.25) is 0 Å². The second kappa shape index (κ2) is 4.05. The van der Waals surface area contributed by atoms with Gasteiger partial charge in [0, 0.05) is 18.2 Å². The van der Waals surface area contributed by atoms with Gasteiger partial charge in [-0.2, -0.15) is 18.3 Å². The van der Waals surface area contributed by atoms with Gasteiger partial charge in [-0.1, -0.05) is 13.8 Å². The quantitative estimate of drug-likeness (QED) is 0.894. The Labute approximate surface area is 96.0 Å². The van der Waals surface area contributed by atoms with Gasteiger partial charge in [0.1, 0.15) is 0 Å². The van der Waals surface area contributed by atoms with Crippen LogP contribution in [0, 0.1) is 0 Å². The van der Waals surface area contributed by atoms with E-state index in [0.717, 1.165) is 10.7 Å². The zero-order valence-electron chi connectivity index (χ0n) is 9.67. The molecule has 0 unspecified atom stereocenters. The van der Waals surface area contributed by atoms with Gasteiger partial charge in [-0.3, -0.25) is 9.48 Å². The van der Waals surface area contributed by atoms with Crippen molar-refractivity contribution in [1.82, 2.24) is 9.78 Å². The molecule has 0 aromatic carbocycles. The molecule has 0 amide bonds. The Hall–Kier alpha value is -1.53. The first-order valence-corrected chi connectivity index (χ1v) is 4.87. The van der Waals surface area contributed by atoms with Crippen molar-refractivity contribution in [3.8, 4) is 0 Å². The Morgan fingerprint density at radius 3 is 2.35 bits per heavy atom. The Balaban J connectivity index is 3.15. The number of hydrogen-bond donors (Lipinski definition) is 1. The highest BCUT2D eigenvalue weighted by Gasteiger charge is 2.37. The van der Waals surface area contributed by atoms with E-state index >= 15 is 0 Å². The SMILES string of the molecule is Cn1nc(C(F)(F)F)cc1C(C)(C)CC(=O)O. The monoisotopic (exact) mass is 250 g/mol. The normalized spacial score (nSPS) is 12.8. The summed E-state index contributed by atoms with van der Waals surface area (Å²) in [6.07, 6.45) is -4.78. The van der Waals surface area contributed by atoms with Crippen LogP contribution in [0.4, 0.5) is 13.2 Å². The van der Waals surface area contributed by atoms with Crippen LogP contribution < -0.4 is 0 Å². The summed E-state index contributed by atoms with van der Waals surface area (Å²) in [7, 11) is 1.37. The molecule has 1 aromatic heterocycles. The summed E-state index contributed by atoms with van der Waals surface area (Å²) >= 11 is 0. The molecule has 1 aromatic rings. The van der Waals surface area contributed by atoms with Crippen LogP contribution in [0.15, 0.2) is 6.07 Å². The van der Waals surface area contributed by atoms with E-state index in [1.165, 1.54) is 7.05 Å². The predicted molar refractivity (Wildman–Crippen MR) is 53.5 cm³/mol. The van der Waals surface area contributed by atoms with E-state index in [2.05, 4.69) is 5.10 Å². The number of alkyl halides is 3. The van der Waals surface area contributed by atoms with Crippen LogP contribution in [-0.2, 0) is 23.4 Å².